The predicted octanol–water partition coefficient (Wildman–Crippen LogP) is 3.97. The van der Waals surface area contributed by atoms with Crippen LogP contribution in [0.2, 0.25) is 0 Å². The van der Waals surface area contributed by atoms with Crippen molar-refractivity contribution in [3.05, 3.63) is 24.3 Å². The van der Waals surface area contributed by atoms with Gasteiger partial charge in [0.05, 0.1) is 0 Å². The minimum Gasteiger partial charge on any atom is -0.489 e. The van der Waals surface area contributed by atoms with Crippen LogP contribution in [0.4, 0.5) is 8.78 Å². The van der Waals surface area contributed by atoms with Crippen LogP contribution in [-0.2, 0) is 0 Å². The maximum Gasteiger partial charge on any atom is 0.239 e. The highest BCUT2D eigenvalue weighted by molar-refractivity contribution is 5.31. The van der Waals surface area contributed by atoms with E-state index in [0.717, 1.165) is 24.5 Å². The number of halogens is 2. The summed E-state index contributed by atoms with van der Waals surface area (Å²) in [4.78, 5) is 2.04. The Bertz CT molecular complexity index is 457. The van der Waals surface area contributed by atoms with Gasteiger partial charge in [0.15, 0.2) is 0 Å². The molecular formula is C17H25F2NO2. The Morgan fingerprint density at radius 2 is 1.82 bits per heavy atom. The van der Waals surface area contributed by atoms with E-state index in [4.69, 9.17) is 9.47 Å². The number of rotatable bonds is 6. The molecule has 2 rings (SSSR count). The minimum atomic E-state index is -2.23. The minimum absolute atomic E-state index is 0.0639. The first-order chi connectivity index (χ1) is 10.3. The molecule has 0 N–H and O–H groups in total. The van der Waals surface area contributed by atoms with Crippen molar-refractivity contribution in [2.24, 2.45) is 0 Å². The molecule has 0 aromatic heterocycles. The molecular weight excluding hydrogens is 288 g/mol. The van der Waals surface area contributed by atoms with E-state index >= 15 is 0 Å². The van der Waals surface area contributed by atoms with E-state index in [0.29, 0.717) is 13.1 Å². The Morgan fingerprint density at radius 1 is 1.18 bits per heavy atom. The molecule has 0 amide bonds. The molecule has 0 unspecified atom stereocenters. The monoisotopic (exact) mass is 313 g/mol. The van der Waals surface area contributed by atoms with Crippen molar-refractivity contribution in [2.75, 3.05) is 19.6 Å². The van der Waals surface area contributed by atoms with E-state index in [1.165, 1.54) is 0 Å². The SMILES string of the molecule is CC(C)(C)Oc1ccc(O[C@@H]2CCN(CCC(F)F)C2)cc1. The molecule has 0 radical (unpaired) electrons. The summed E-state index contributed by atoms with van der Waals surface area (Å²) in [5.41, 5.74) is -0.223. The number of hydrogen-bond acceptors (Lipinski definition) is 3. The molecule has 0 bridgehead atoms. The molecule has 1 aliphatic rings. The predicted molar refractivity (Wildman–Crippen MR) is 82.9 cm³/mol. The van der Waals surface area contributed by atoms with Crippen molar-refractivity contribution in [2.45, 2.75) is 51.7 Å². The fourth-order valence-corrected chi connectivity index (χ4v) is 2.51. The highest BCUT2D eigenvalue weighted by Crippen LogP contribution is 2.24. The third-order valence-electron chi connectivity index (χ3n) is 3.44. The Kier molecular flexibility index (Phi) is 5.62. The average Bonchev–Trinajstić information content (AvgIpc) is 2.85. The molecule has 1 aliphatic heterocycles. The fourth-order valence-electron chi connectivity index (χ4n) is 2.51. The van der Waals surface area contributed by atoms with Gasteiger partial charge in [-0.15, -0.1) is 0 Å². The van der Waals surface area contributed by atoms with Gasteiger partial charge in [-0.2, -0.15) is 0 Å². The lowest BCUT2D eigenvalue weighted by Gasteiger charge is -2.21. The lowest BCUT2D eigenvalue weighted by molar-refractivity contribution is 0.117. The van der Waals surface area contributed by atoms with Gasteiger partial charge in [0.25, 0.3) is 0 Å². The summed E-state index contributed by atoms with van der Waals surface area (Å²) in [6, 6.07) is 7.57. The van der Waals surface area contributed by atoms with Crippen molar-refractivity contribution in [3.8, 4) is 11.5 Å². The zero-order valence-electron chi connectivity index (χ0n) is 13.5. The second kappa shape index (κ2) is 7.27. The Balaban J connectivity index is 1.79. The molecule has 1 aromatic carbocycles. The normalized spacial score (nSPS) is 19.6. The summed E-state index contributed by atoms with van der Waals surface area (Å²) in [7, 11) is 0. The maximum atomic E-state index is 12.2. The molecule has 0 spiro atoms. The largest absolute Gasteiger partial charge is 0.489 e. The number of ether oxygens (including phenoxy) is 2. The number of hydrogen-bond donors (Lipinski definition) is 0. The van der Waals surface area contributed by atoms with Gasteiger partial charge in [-0.3, -0.25) is 4.90 Å². The molecule has 1 atom stereocenters. The summed E-state index contributed by atoms with van der Waals surface area (Å²) in [6.45, 7) is 7.99. The topological polar surface area (TPSA) is 21.7 Å². The standard InChI is InChI=1S/C17H25F2NO2/c1-17(2,3)22-14-6-4-13(5-7-14)21-15-8-10-20(12-15)11-9-16(18)19/h4-7,15-16H,8-12H2,1-3H3/t15-/m1/s1. The fraction of sp³-hybridized carbons (Fsp3) is 0.647. The van der Waals surface area contributed by atoms with Crippen molar-refractivity contribution >= 4 is 0 Å². The highest BCUT2D eigenvalue weighted by Gasteiger charge is 2.24. The van der Waals surface area contributed by atoms with E-state index in [1.54, 1.807) is 0 Å². The zero-order chi connectivity index (χ0) is 16.2. The van der Waals surface area contributed by atoms with Crippen LogP contribution in [0.1, 0.15) is 33.6 Å². The maximum absolute atomic E-state index is 12.2. The number of likely N-dealkylation sites (tertiary alicyclic amines) is 1. The summed E-state index contributed by atoms with van der Waals surface area (Å²) in [5, 5.41) is 0. The van der Waals surface area contributed by atoms with Crippen LogP contribution in [0.3, 0.4) is 0 Å². The summed E-state index contributed by atoms with van der Waals surface area (Å²) in [5.74, 6) is 1.60. The van der Waals surface area contributed by atoms with E-state index < -0.39 is 6.43 Å². The van der Waals surface area contributed by atoms with Crippen LogP contribution < -0.4 is 9.47 Å². The van der Waals surface area contributed by atoms with E-state index in [-0.39, 0.29) is 18.1 Å². The van der Waals surface area contributed by atoms with Crippen molar-refractivity contribution in [1.29, 1.82) is 0 Å². The lowest BCUT2D eigenvalue weighted by atomic mass is 10.2. The van der Waals surface area contributed by atoms with Crippen LogP contribution >= 0.6 is 0 Å². The van der Waals surface area contributed by atoms with Crippen molar-refractivity contribution in [3.63, 3.8) is 0 Å². The first-order valence-corrected chi connectivity index (χ1v) is 7.78. The summed E-state index contributed by atoms with van der Waals surface area (Å²) >= 11 is 0. The molecule has 1 saturated heterocycles. The molecule has 0 saturated carbocycles. The van der Waals surface area contributed by atoms with Gasteiger partial charge in [0.1, 0.15) is 23.2 Å². The Morgan fingerprint density at radius 3 is 2.41 bits per heavy atom. The van der Waals surface area contributed by atoms with Crippen LogP contribution in [0.5, 0.6) is 11.5 Å². The van der Waals surface area contributed by atoms with Gasteiger partial charge < -0.3 is 9.47 Å². The van der Waals surface area contributed by atoms with Crippen molar-refractivity contribution < 1.29 is 18.3 Å². The van der Waals surface area contributed by atoms with Gasteiger partial charge in [0, 0.05) is 26.1 Å². The number of nitrogens with zero attached hydrogens (tertiary/aromatic N) is 1. The first kappa shape index (κ1) is 17.0. The number of alkyl halides is 2. The molecule has 1 fully saturated rings. The Labute approximate surface area is 131 Å². The van der Waals surface area contributed by atoms with E-state index in [2.05, 4.69) is 0 Å². The lowest BCUT2D eigenvalue weighted by Crippen LogP contribution is -2.26. The molecule has 124 valence electrons. The van der Waals surface area contributed by atoms with Gasteiger partial charge in [-0.1, -0.05) is 0 Å². The number of benzene rings is 1. The van der Waals surface area contributed by atoms with E-state index in [1.807, 2.05) is 49.9 Å². The molecule has 22 heavy (non-hydrogen) atoms. The van der Waals surface area contributed by atoms with Crippen molar-refractivity contribution in [1.82, 2.24) is 4.90 Å². The molecule has 0 aliphatic carbocycles. The average molecular weight is 313 g/mol. The van der Waals surface area contributed by atoms with Crippen LogP contribution in [0, 0.1) is 0 Å². The molecule has 5 heteroatoms. The van der Waals surface area contributed by atoms with Gasteiger partial charge in [-0.05, 0) is 51.5 Å². The van der Waals surface area contributed by atoms with Gasteiger partial charge >= 0.3 is 0 Å². The zero-order valence-corrected chi connectivity index (χ0v) is 13.5. The van der Waals surface area contributed by atoms with Gasteiger partial charge in [-0.25, -0.2) is 8.78 Å². The summed E-state index contributed by atoms with van der Waals surface area (Å²) in [6.07, 6.45) is -1.34. The molecule has 1 aromatic rings. The smallest absolute Gasteiger partial charge is 0.239 e. The summed E-state index contributed by atoms with van der Waals surface area (Å²) < 4.78 is 36.1. The quantitative estimate of drug-likeness (QED) is 0.793. The third kappa shape index (κ3) is 5.79. The molecule has 3 nitrogen and oxygen atoms in total. The van der Waals surface area contributed by atoms with Crippen LogP contribution in [0.25, 0.3) is 0 Å². The van der Waals surface area contributed by atoms with Gasteiger partial charge in [0.2, 0.25) is 6.43 Å². The second-order valence-electron chi connectivity index (χ2n) is 6.69. The second-order valence-corrected chi connectivity index (χ2v) is 6.69. The van der Waals surface area contributed by atoms with Crippen LogP contribution in [-0.4, -0.2) is 42.7 Å². The molecule has 1 heterocycles. The first-order valence-electron chi connectivity index (χ1n) is 7.78. The van der Waals surface area contributed by atoms with E-state index in [9.17, 15) is 8.78 Å². The highest BCUT2D eigenvalue weighted by atomic mass is 19.3. The Hall–Kier alpha value is -1.36. The third-order valence-corrected chi connectivity index (χ3v) is 3.44. The van der Waals surface area contributed by atoms with Crippen LogP contribution in [0.15, 0.2) is 24.3 Å².